The van der Waals surface area contributed by atoms with Crippen molar-refractivity contribution in [3.05, 3.63) is 28.8 Å². The molecule has 0 bridgehead atoms. The van der Waals surface area contributed by atoms with E-state index in [1.807, 2.05) is 35.8 Å². The van der Waals surface area contributed by atoms with E-state index < -0.39 is 0 Å². The van der Waals surface area contributed by atoms with Crippen molar-refractivity contribution in [3.63, 3.8) is 0 Å². The number of ether oxygens (including phenoxy) is 1. The maximum atomic E-state index is 13.1. The predicted octanol–water partition coefficient (Wildman–Crippen LogP) is 3.03. The molecule has 0 radical (unpaired) electrons. The normalized spacial score (nSPS) is 15.3. The Morgan fingerprint density at radius 2 is 1.72 bits per heavy atom. The Kier molecular flexibility index (Phi) is 6.45. The number of carbonyl (C=O) groups excluding carboxylic acids is 2. The van der Waals surface area contributed by atoms with Crippen molar-refractivity contribution in [2.45, 2.75) is 40.5 Å². The first-order valence-electron chi connectivity index (χ1n) is 9.05. The predicted molar refractivity (Wildman–Crippen MR) is 99.0 cm³/mol. The lowest BCUT2D eigenvalue weighted by atomic mass is 10.0. The van der Waals surface area contributed by atoms with Gasteiger partial charge in [0.2, 0.25) is 5.91 Å². The minimum absolute atomic E-state index is 0.00694. The summed E-state index contributed by atoms with van der Waals surface area (Å²) < 4.78 is 5.44. The molecule has 0 unspecified atom stereocenters. The van der Waals surface area contributed by atoms with Crippen LogP contribution >= 0.6 is 0 Å². The molecule has 0 aromatic heterocycles. The Bertz CT molecular complexity index is 640. The Balaban J connectivity index is 2.13. The van der Waals surface area contributed by atoms with Gasteiger partial charge in [0.1, 0.15) is 5.75 Å². The van der Waals surface area contributed by atoms with Crippen LogP contribution in [-0.4, -0.2) is 54.9 Å². The monoisotopic (exact) mass is 346 g/mol. The van der Waals surface area contributed by atoms with Gasteiger partial charge in [-0.3, -0.25) is 9.59 Å². The van der Waals surface area contributed by atoms with Crippen LogP contribution in [0.3, 0.4) is 0 Å². The van der Waals surface area contributed by atoms with Crippen LogP contribution in [0.15, 0.2) is 12.1 Å². The van der Waals surface area contributed by atoms with Gasteiger partial charge in [0.25, 0.3) is 5.91 Å². The molecule has 5 heteroatoms. The van der Waals surface area contributed by atoms with Crippen LogP contribution in [0.2, 0.25) is 0 Å². The van der Waals surface area contributed by atoms with Crippen LogP contribution in [0.1, 0.15) is 48.2 Å². The molecule has 25 heavy (non-hydrogen) atoms. The number of aryl methyl sites for hydroxylation is 2. The highest BCUT2D eigenvalue weighted by atomic mass is 16.5. The Morgan fingerprint density at radius 3 is 2.36 bits per heavy atom. The van der Waals surface area contributed by atoms with E-state index in [4.69, 9.17) is 4.74 Å². The lowest BCUT2D eigenvalue weighted by molar-refractivity contribution is -0.131. The summed E-state index contributed by atoms with van der Waals surface area (Å²) in [6, 6.07) is 3.91. The third kappa shape index (κ3) is 4.74. The molecule has 0 atom stereocenters. The van der Waals surface area contributed by atoms with Crippen molar-refractivity contribution >= 4 is 11.8 Å². The van der Waals surface area contributed by atoms with Gasteiger partial charge >= 0.3 is 0 Å². The number of benzene rings is 1. The molecule has 1 aliphatic rings. The number of amides is 2. The number of methoxy groups -OCH3 is 1. The molecule has 2 rings (SSSR count). The Hall–Kier alpha value is -2.04. The molecule has 1 aromatic rings. The van der Waals surface area contributed by atoms with Crippen LogP contribution in [0.4, 0.5) is 0 Å². The standard InChI is InChI=1S/C20H30N2O3/c1-14(2)11-18(23)21-7-6-8-22(10-9-21)20(24)19-16(4)12-15(3)13-17(19)25-5/h12-14H,6-11H2,1-5H3. The molecular formula is C20H30N2O3. The second kappa shape index (κ2) is 8.37. The smallest absolute Gasteiger partial charge is 0.257 e. The van der Waals surface area contributed by atoms with Gasteiger partial charge in [-0.25, -0.2) is 0 Å². The van der Waals surface area contributed by atoms with Gasteiger partial charge in [-0.05, 0) is 43.4 Å². The van der Waals surface area contributed by atoms with Crippen molar-refractivity contribution in [1.29, 1.82) is 0 Å². The fraction of sp³-hybridized carbons (Fsp3) is 0.600. The van der Waals surface area contributed by atoms with Crippen molar-refractivity contribution < 1.29 is 14.3 Å². The van der Waals surface area contributed by atoms with Gasteiger partial charge in [-0.15, -0.1) is 0 Å². The minimum atomic E-state index is -0.00694. The summed E-state index contributed by atoms with van der Waals surface area (Å²) in [5.74, 6) is 1.16. The van der Waals surface area contributed by atoms with E-state index in [1.165, 1.54) is 0 Å². The lowest BCUT2D eigenvalue weighted by Gasteiger charge is -2.24. The van der Waals surface area contributed by atoms with E-state index in [1.54, 1.807) is 7.11 Å². The second-order valence-corrected chi connectivity index (χ2v) is 7.28. The largest absolute Gasteiger partial charge is 0.496 e. The minimum Gasteiger partial charge on any atom is -0.496 e. The maximum absolute atomic E-state index is 13.1. The van der Waals surface area contributed by atoms with E-state index in [2.05, 4.69) is 13.8 Å². The van der Waals surface area contributed by atoms with E-state index in [0.29, 0.717) is 43.3 Å². The van der Waals surface area contributed by atoms with Crippen molar-refractivity contribution in [2.75, 3.05) is 33.3 Å². The zero-order chi connectivity index (χ0) is 18.6. The van der Waals surface area contributed by atoms with E-state index >= 15 is 0 Å². The molecule has 138 valence electrons. The summed E-state index contributed by atoms with van der Waals surface area (Å²) in [5, 5.41) is 0. The van der Waals surface area contributed by atoms with Crippen molar-refractivity contribution in [1.82, 2.24) is 9.80 Å². The second-order valence-electron chi connectivity index (χ2n) is 7.28. The third-order valence-electron chi connectivity index (χ3n) is 4.60. The summed E-state index contributed by atoms with van der Waals surface area (Å²) >= 11 is 0. The Morgan fingerprint density at radius 1 is 1.08 bits per heavy atom. The summed E-state index contributed by atoms with van der Waals surface area (Å²) in [7, 11) is 1.60. The molecule has 1 aliphatic heterocycles. The quantitative estimate of drug-likeness (QED) is 0.842. The molecule has 0 spiro atoms. The van der Waals surface area contributed by atoms with E-state index in [-0.39, 0.29) is 11.8 Å². The molecule has 0 saturated carbocycles. The highest BCUT2D eigenvalue weighted by molar-refractivity contribution is 5.98. The average molecular weight is 346 g/mol. The fourth-order valence-electron chi connectivity index (χ4n) is 3.37. The summed E-state index contributed by atoms with van der Waals surface area (Å²) in [4.78, 5) is 29.1. The first-order chi connectivity index (χ1) is 11.8. The van der Waals surface area contributed by atoms with E-state index in [0.717, 1.165) is 24.1 Å². The zero-order valence-corrected chi connectivity index (χ0v) is 16.1. The third-order valence-corrected chi connectivity index (χ3v) is 4.60. The van der Waals surface area contributed by atoms with Crippen LogP contribution < -0.4 is 4.74 Å². The van der Waals surface area contributed by atoms with Crippen LogP contribution in [-0.2, 0) is 4.79 Å². The van der Waals surface area contributed by atoms with Gasteiger partial charge in [0.15, 0.2) is 0 Å². The number of hydrogen-bond acceptors (Lipinski definition) is 3. The number of rotatable bonds is 4. The van der Waals surface area contributed by atoms with Gasteiger partial charge in [0.05, 0.1) is 12.7 Å². The highest BCUT2D eigenvalue weighted by Gasteiger charge is 2.26. The lowest BCUT2D eigenvalue weighted by Crippen LogP contribution is -2.38. The molecule has 1 fully saturated rings. The SMILES string of the molecule is COc1cc(C)cc(C)c1C(=O)N1CCCN(C(=O)CC(C)C)CC1. The molecule has 0 N–H and O–H groups in total. The van der Waals surface area contributed by atoms with Crippen molar-refractivity contribution in [3.8, 4) is 5.75 Å². The van der Waals surface area contributed by atoms with Crippen LogP contribution in [0, 0.1) is 19.8 Å². The molecule has 0 aliphatic carbocycles. The molecule has 1 saturated heterocycles. The molecule has 1 aromatic carbocycles. The summed E-state index contributed by atoms with van der Waals surface area (Å²) in [5.41, 5.74) is 2.64. The molecular weight excluding hydrogens is 316 g/mol. The zero-order valence-electron chi connectivity index (χ0n) is 16.1. The Labute approximate surface area is 150 Å². The molecule has 5 nitrogen and oxygen atoms in total. The van der Waals surface area contributed by atoms with Crippen LogP contribution in [0.25, 0.3) is 0 Å². The fourth-order valence-corrected chi connectivity index (χ4v) is 3.37. The first kappa shape index (κ1) is 19.3. The first-order valence-corrected chi connectivity index (χ1v) is 9.05. The molecule has 1 heterocycles. The summed E-state index contributed by atoms with van der Waals surface area (Å²) in [6.45, 7) is 10.6. The topological polar surface area (TPSA) is 49.9 Å². The highest BCUT2D eigenvalue weighted by Crippen LogP contribution is 2.26. The number of carbonyl (C=O) groups is 2. The van der Waals surface area contributed by atoms with E-state index in [9.17, 15) is 9.59 Å². The van der Waals surface area contributed by atoms with Gasteiger partial charge < -0.3 is 14.5 Å². The maximum Gasteiger partial charge on any atom is 0.257 e. The van der Waals surface area contributed by atoms with Gasteiger partial charge in [0, 0.05) is 32.6 Å². The van der Waals surface area contributed by atoms with Crippen LogP contribution in [0.5, 0.6) is 5.75 Å². The van der Waals surface area contributed by atoms with Crippen molar-refractivity contribution in [2.24, 2.45) is 5.92 Å². The summed E-state index contributed by atoms with van der Waals surface area (Å²) in [6.07, 6.45) is 1.38. The average Bonchev–Trinajstić information content (AvgIpc) is 2.79. The van der Waals surface area contributed by atoms with Gasteiger partial charge in [-0.1, -0.05) is 19.9 Å². The number of hydrogen-bond donors (Lipinski definition) is 0. The molecule has 2 amide bonds. The van der Waals surface area contributed by atoms with Gasteiger partial charge in [-0.2, -0.15) is 0 Å². The number of nitrogens with zero attached hydrogens (tertiary/aromatic N) is 2.